The van der Waals surface area contributed by atoms with Gasteiger partial charge in [-0.3, -0.25) is 4.79 Å². The Balaban J connectivity index is 1.68. The van der Waals surface area contributed by atoms with Gasteiger partial charge < -0.3 is 15.0 Å². The number of benzene rings is 2. The van der Waals surface area contributed by atoms with Crippen LogP contribution in [0.2, 0.25) is 0 Å². The number of para-hydroxylation sites is 3. The number of carbonyl (C=O) groups excluding carboxylic acids is 1. The monoisotopic (exact) mass is 363 g/mol. The Bertz CT molecular complexity index is 808. The van der Waals surface area contributed by atoms with E-state index in [2.05, 4.69) is 11.4 Å². The number of rotatable bonds is 6. The number of nitrogens with zero attached hydrogens (tertiary/aromatic N) is 2. The van der Waals surface area contributed by atoms with E-state index in [1.54, 1.807) is 0 Å². The molecule has 0 spiro atoms. The first-order chi connectivity index (χ1) is 13.1. The lowest BCUT2D eigenvalue weighted by molar-refractivity contribution is -0.121. The van der Waals surface area contributed by atoms with Crippen LogP contribution in [0.5, 0.6) is 11.5 Å². The molecule has 1 aliphatic carbocycles. The highest BCUT2D eigenvalue weighted by Gasteiger charge is 2.33. The molecule has 27 heavy (non-hydrogen) atoms. The third-order valence-electron chi connectivity index (χ3n) is 4.93. The Morgan fingerprint density at radius 2 is 1.78 bits per heavy atom. The normalized spacial score (nSPS) is 15.4. The summed E-state index contributed by atoms with van der Waals surface area (Å²) in [7, 11) is 1.85. The minimum absolute atomic E-state index is 0.143. The van der Waals surface area contributed by atoms with Gasteiger partial charge in [-0.05, 0) is 37.1 Å². The van der Waals surface area contributed by atoms with Gasteiger partial charge in [-0.15, -0.1) is 0 Å². The summed E-state index contributed by atoms with van der Waals surface area (Å²) in [5.74, 6) is 1.29. The van der Waals surface area contributed by atoms with Crippen molar-refractivity contribution < 1.29 is 9.53 Å². The van der Waals surface area contributed by atoms with Crippen LogP contribution in [-0.4, -0.2) is 25.0 Å². The van der Waals surface area contributed by atoms with Gasteiger partial charge in [0.25, 0.3) is 0 Å². The number of nitrogens with one attached hydrogen (secondary N) is 1. The minimum Gasteiger partial charge on any atom is -0.455 e. The fraction of sp³-hybridized carbons (Fsp3) is 0.364. The number of likely N-dealkylation sites (N-methyl/N-ethyl adjacent to an activating group) is 1. The summed E-state index contributed by atoms with van der Waals surface area (Å²) in [6.45, 7) is 0.165. The molecule has 1 amide bonds. The molecular formula is C22H25N3O2. The highest BCUT2D eigenvalue weighted by Crippen LogP contribution is 2.32. The molecule has 0 aromatic heterocycles. The second-order valence-corrected chi connectivity index (χ2v) is 7.04. The summed E-state index contributed by atoms with van der Waals surface area (Å²) >= 11 is 0. The molecule has 5 nitrogen and oxygen atoms in total. The van der Waals surface area contributed by atoms with Gasteiger partial charge in [0.15, 0.2) is 5.75 Å². The van der Waals surface area contributed by atoms with E-state index in [4.69, 9.17) is 4.74 Å². The molecule has 2 aromatic carbocycles. The van der Waals surface area contributed by atoms with Crippen LogP contribution in [0, 0.1) is 11.3 Å². The van der Waals surface area contributed by atoms with E-state index >= 15 is 0 Å². The van der Waals surface area contributed by atoms with Gasteiger partial charge >= 0.3 is 0 Å². The van der Waals surface area contributed by atoms with E-state index in [-0.39, 0.29) is 12.5 Å². The molecule has 0 bridgehead atoms. The van der Waals surface area contributed by atoms with E-state index in [1.807, 2.05) is 66.5 Å². The van der Waals surface area contributed by atoms with Crippen LogP contribution in [0.15, 0.2) is 54.6 Å². The summed E-state index contributed by atoms with van der Waals surface area (Å²) in [6, 6.07) is 19.5. The molecule has 1 fully saturated rings. The lowest BCUT2D eigenvalue weighted by Crippen LogP contribution is -2.51. The van der Waals surface area contributed by atoms with Crippen LogP contribution in [-0.2, 0) is 4.79 Å². The quantitative estimate of drug-likeness (QED) is 0.833. The molecule has 3 rings (SSSR count). The van der Waals surface area contributed by atoms with Crippen molar-refractivity contribution in [2.24, 2.45) is 0 Å². The molecule has 0 unspecified atom stereocenters. The largest absolute Gasteiger partial charge is 0.455 e. The van der Waals surface area contributed by atoms with E-state index in [9.17, 15) is 10.1 Å². The van der Waals surface area contributed by atoms with Gasteiger partial charge in [-0.25, -0.2) is 0 Å². The first-order valence-corrected chi connectivity index (χ1v) is 9.37. The van der Waals surface area contributed by atoms with Crippen LogP contribution in [0.25, 0.3) is 0 Å². The Labute approximate surface area is 160 Å². The fourth-order valence-corrected chi connectivity index (χ4v) is 3.50. The van der Waals surface area contributed by atoms with Crippen molar-refractivity contribution in [1.29, 1.82) is 5.26 Å². The average Bonchev–Trinajstić information content (AvgIpc) is 2.69. The zero-order valence-electron chi connectivity index (χ0n) is 15.6. The fourth-order valence-electron chi connectivity index (χ4n) is 3.50. The van der Waals surface area contributed by atoms with Crippen molar-refractivity contribution in [2.75, 3.05) is 18.5 Å². The van der Waals surface area contributed by atoms with Gasteiger partial charge in [0.1, 0.15) is 11.3 Å². The topological polar surface area (TPSA) is 65.4 Å². The van der Waals surface area contributed by atoms with Gasteiger partial charge in [0, 0.05) is 7.05 Å². The van der Waals surface area contributed by atoms with E-state index in [0.29, 0.717) is 5.75 Å². The van der Waals surface area contributed by atoms with Crippen LogP contribution in [0.4, 0.5) is 5.69 Å². The number of anilines is 1. The maximum Gasteiger partial charge on any atom is 0.240 e. The van der Waals surface area contributed by atoms with Crippen LogP contribution in [0.3, 0.4) is 0 Å². The smallest absolute Gasteiger partial charge is 0.240 e. The first-order valence-electron chi connectivity index (χ1n) is 9.37. The van der Waals surface area contributed by atoms with Crippen molar-refractivity contribution in [2.45, 2.75) is 37.6 Å². The molecule has 0 heterocycles. The zero-order valence-corrected chi connectivity index (χ0v) is 15.6. The van der Waals surface area contributed by atoms with Gasteiger partial charge in [-0.2, -0.15) is 5.26 Å². The lowest BCUT2D eigenvalue weighted by Gasteiger charge is -2.32. The van der Waals surface area contributed by atoms with Gasteiger partial charge in [0.05, 0.1) is 18.3 Å². The molecule has 1 N–H and O–H groups in total. The molecule has 0 saturated heterocycles. The zero-order chi connectivity index (χ0) is 19.1. The number of ether oxygens (including phenoxy) is 1. The molecule has 1 aliphatic rings. The lowest BCUT2D eigenvalue weighted by atomic mass is 9.83. The molecule has 0 atom stereocenters. The average molecular weight is 363 g/mol. The minimum atomic E-state index is -0.712. The Hall–Kier alpha value is -3.00. The number of nitriles is 1. The third kappa shape index (κ3) is 4.79. The Morgan fingerprint density at radius 3 is 2.48 bits per heavy atom. The SMILES string of the molecule is CN(CC(=O)NC1(C#N)CCCCC1)c1ccccc1Oc1ccccc1. The molecular weight excluding hydrogens is 338 g/mol. The standard InChI is InChI=1S/C22H25N3O2/c1-25(16-21(26)24-22(17-23)14-8-3-9-15-22)19-12-6-7-13-20(19)27-18-10-4-2-5-11-18/h2,4-7,10-13H,3,8-9,14-16H2,1H3,(H,24,26). The van der Waals surface area contributed by atoms with Crippen LogP contribution >= 0.6 is 0 Å². The predicted octanol–water partition coefficient (Wildman–Crippen LogP) is 4.26. The van der Waals surface area contributed by atoms with E-state index < -0.39 is 5.54 Å². The second kappa shape index (κ2) is 8.59. The molecule has 140 valence electrons. The van der Waals surface area contributed by atoms with E-state index in [1.165, 1.54) is 0 Å². The summed E-state index contributed by atoms with van der Waals surface area (Å²) in [5.41, 5.74) is 0.113. The summed E-state index contributed by atoms with van der Waals surface area (Å²) in [4.78, 5) is 14.4. The summed E-state index contributed by atoms with van der Waals surface area (Å²) in [6.07, 6.45) is 4.55. The first kappa shape index (κ1) is 18.8. The molecule has 0 radical (unpaired) electrons. The van der Waals surface area contributed by atoms with Crippen molar-refractivity contribution in [3.63, 3.8) is 0 Å². The van der Waals surface area contributed by atoms with Gasteiger partial charge in [-0.1, -0.05) is 49.6 Å². The van der Waals surface area contributed by atoms with Gasteiger partial charge in [0.2, 0.25) is 5.91 Å². The van der Waals surface area contributed by atoms with Crippen molar-refractivity contribution in [3.05, 3.63) is 54.6 Å². The molecule has 0 aliphatic heterocycles. The number of hydrogen-bond donors (Lipinski definition) is 1. The number of carbonyl (C=O) groups is 1. The van der Waals surface area contributed by atoms with E-state index in [0.717, 1.165) is 43.5 Å². The highest BCUT2D eigenvalue weighted by molar-refractivity contribution is 5.83. The molecule has 5 heteroatoms. The van der Waals surface area contributed by atoms with Crippen molar-refractivity contribution in [1.82, 2.24) is 5.32 Å². The summed E-state index contributed by atoms with van der Waals surface area (Å²) < 4.78 is 5.98. The molecule has 2 aromatic rings. The maximum atomic E-state index is 12.6. The summed E-state index contributed by atoms with van der Waals surface area (Å²) in [5, 5.41) is 12.5. The van der Waals surface area contributed by atoms with Crippen LogP contribution < -0.4 is 15.0 Å². The highest BCUT2D eigenvalue weighted by atomic mass is 16.5. The second-order valence-electron chi connectivity index (χ2n) is 7.04. The van der Waals surface area contributed by atoms with Crippen molar-refractivity contribution in [3.8, 4) is 17.6 Å². The Kier molecular flexibility index (Phi) is 5.97. The maximum absolute atomic E-state index is 12.6. The Morgan fingerprint density at radius 1 is 1.11 bits per heavy atom. The van der Waals surface area contributed by atoms with Crippen molar-refractivity contribution >= 4 is 11.6 Å². The number of hydrogen-bond acceptors (Lipinski definition) is 4. The molecule has 1 saturated carbocycles. The van der Waals surface area contributed by atoms with Crippen LogP contribution in [0.1, 0.15) is 32.1 Å². The predicted molar refractivity (Wildman–Crippen MR) is 106 cm³/mol. The third-order valence-corrected chi connectivity index (χ3v) is 4.93. The number of amides is 1.